The van der Waals surface area contributed by atoms with Crippen LogP contribution in [0.3, 0.4) is 0 Å². The maximum Gasteiger partial charge on any atom is 0.216 e. The van der Waals surface area contributed by atoms with Gasteiger partial charge in [0.2, 0.25) is 10.0 Å². The van der Waals surface area contributed by atoms with E-state index >= 15 is 0 Å². The molecule has 100 valence electrons. The van der Waals surface area contributed by atoms with Crippen molar-refractivity contribution in [2.75, 3.05) is 0 Å². The molecule has 18 heavy (non-hydrogen) atoms. The number of hydrogen-bond acceptors (Lipinski definition) is 2. The van der Waals surface area contributed by atoms with E-state index in [1.165, 1.54) is 0 Å². The topological polar surface area (TPSA) is 46.2 Å². The molecule has 4 heteroatoms. The first-order valence-electron chi connectivity index (χ1n) is 6.40. The molecule has 1 saturated carbocycles. The van der Waals surface area contributed by atoms with E-state index in [1.807, 2.05) is 30.3 Å². The summed E-state index contributed by atoms with van der Waals surface area (Å²) < 4.78 is 26.9. The number of rotatable bonds is 4. The van der Waals surface area contributed by atoms with Crippen molar-refractivity contribution in [2.24, 2.45) is 5.41 Å². The van der Waals surface area contributed by atoms with Crippen molar-refractivity contribution in [1.82, 2.24) is 4.72 Å². The smallest absolute Gasteiger partial charge is 0.212 e. The fourth-order valence-electron chi connectivity index (χ4n) is 2.63. The van der Waals surface area contributed by atoms with Crippen LogP contribution in [-0.4, -0.2) is 14.5 Å². The summed E-state index contributed by atoms with van der Waals surface area (Å²) in [5.74, 6) is 0.0742. The van der Waals surface area contributed by atoms with E-state index in [1.54, 1.807) is 0 Å². The van der Waals surface area contributed by atoms with Crippen LogP contribution in [0.4, 0.5) is 0 Å². The summed E-state index contributed by atoms with van der Waals surface area (Å²) in [6, 6.07) is 9.42. The highest BCUT2D eigenvalue weighted by atomic mass is 32.2. The second-order valence-corrected chi connectivity index (χ2v) is 7.72. The fourth-order valence-corrected chi connectivity index (χ4v) is 4.05. The van der Waals surface area contributed by atoms with Crippen LogP contribution in [-0.2, 0) is 15.8 Å². The maximum atomic E-state index is 12.1. The van der Waals surface area contributed by atoms with E-state index in [0.29, 0.717) is 0 Å². The van der Waals surface area contributed by atoms with Gasteiger partial charge in [-0.15, -0.1) is 0 Å². The third-order valence-corrected chi connectivity index (χ3v) is 4.92. The average Bonchev–Trinajstić information content (AvgIpc) is 2.57. The van der Waals surface area contributed by atoms with Crippen LogP contribution in [0.15, 0.2) is 30.3 Å². The van der Waals surface area contributed by atoms with Crippen LogP contribution in [0.2, 0.25) is 0 Å². The molecule has 0 amide bonds. The lowest BCUT2D eigenvalue weighted by Gasteiger charge is -2.17. The summed E-state index contributed by atoms with van der Waals surface area (Å²) >= 11 is 0. The molecule has 1 N–H and O–H groups in total. The van der Waals surface area contributed by atoms with E-state index < -0.39 is 10.0 Å². The van der Waals surface area contributed by atoms with Crippen molar-refractivity contribution in [3.05, 3.63) is 35.9 Å². The number of hydrogen-bond donors (Lipinski definition) is 1. The quantitative estimate of drug-likeness (QED) is 0.911. The highest BCUT2D eigenvalue weighted by molar-refractivity contribution is 7.88. The number of sulfonamides is 1. The largest absolute Gasteiger partial charge is 0.216 e. The molecule has 0 aliphatic heterocycles. The van der Waals surface area contributed by atoms with Crippen molar-refractivity contribution in [3.8, 4) is 0 Å². The Morgan fingerprint density at radius 2 is 1.94 bits per heavy atom. The van der Waals surface area contributed by atoms with Gasteiger partial charge >= 0.3 is 0 Å². The van der Waals surface area contributed by atoms with Gasteiger partial charge in [-0.25, -0.2) is 13.1 Å². The van der Waals surface area contributed by atoms with Crippen LogP contribution in [0.25, 0.3) is 0 Å². The molecular formula is C14H21NO2S. The Balaban J connectivity index is 1.97. The molecule has 1 aromatic rings. The van der Waals surface area contributed by atoms with Gasteiger partial charge in [0, 0.05) is 6.04 Å². The third-order valence-electron chi connectivity index (χ3n) is 3.51. The molecule has 0 spiro atoms. The first-order chi connectivity index (χ1) is 8.36. The van der Waals surface area contributed by atoms with E-state index in [9.17, 15) is 8.42 Å². The van der Waals surface area contributed by atoms with E-state index in [0.717, 1.165) is 24.8 Å². The molecule has 0 aromatic heterocycles. The predicted molar refractivity (Wildman–Crippen MR) is 73.6 cm³/mol. The Morgan fingerprint density at radius 1 is 1.28 bits per heavy atom. The minimum absolute atomic E-state index is 0.0742. The molecular weight excluding hydrogens is 246 g/mol. The molecule has 1 atom stereocenters. The number of benzene rings is 1. The van der Waals surface area contributed by atoms with E-state index in [4.69, 9.17) is 0 Å². The van der Waals surface area contributed by atoms with Gasteiger partial charge in [0.1, 0.15) is 0 Å². The molecule has 1 aliphatic carbocycles. The Labute approximate surface area is 110 Å². The molecule has 0 saturated heterocycles. The van der Waals surface area contributed by atoms with Crippen molar-refractivity contribution in [2.45, 2.75) is 44.9 Å². The Hall–Kier alpha value is -0.870. The standard InChI is InChI=1S/C14H21NO2S/c1-14(2)9-8-13(10-14)15-18(16,17)11-12-6-4-3-5-7-12/h3-7,13,15H,8-11H2,1-2H3. The predicted octanol–water partition coefficient (Wildman–Crippen LogP) is 2.68. The molecule has 0 radical (unpaired) electrons. The Kier molecular flexibility index (Phi) is 3.78. The summed E-state index contributed by atoms with van der Waals surface area (Å²) in [6.07, 6.45) is 2.97. The molecule has 1 unspecified atom stereocenters. The normalized spacial score (nSPS) is 23.1. The molecule has 1 aliphatic rings. The van der Waals surface area contributed by atoms with Crippen molar-refractivity contribution in [3.63, 3.8) is 0 Å². The number of nitrogens with one attached hydrogen (secondary N) is 1. The van der Waals surface area contributed by atoms with Crippen LogP contribution < -0.4 is 4.72 Å². The SMILES string of the molecule is CC1(C)CCC(NS(=O)(=O)Cc2ccccc2)C1. The van der Waals surface area contributed by atoms with Crippen LogP contribution >= 0.6 is 0 Å². The van der Waals surface area contributed by atoms with Gasteiger partial charge in [-0.05, 0) is 30.2 Å². The third kappa shape index (κ3) is 3.82. The monoisotopic (exact) mass is 267 g/mol. The Bertz CT molecular complexity index is 494. The summed E-state index contributed by atoms with van der Waals surface area (Å²) in [5, 5.41) is 0. The fraction of sp³-hybridized carbons (Fsp3) is 0.571. The molecule has 1 aromatic carbocycles. The zero-order chi connectivity index (χ0) is 13.2. The lowest BCUT2D eigenvalue weighted by molar-refractivity contribution is 0.372. The highest BCUT2D eigenvalue weighted by Gasteiger charge is 2.32. The average molecular weight is 267 g/mol. The molecule has 0 heterocycles. The lowest BCUT2D eigenvalue weighted by Crippen LogP contribution is -2.34. The van der Waals surface area contributed by atoms with Gasteiger partial charge < -0.3 is 0 Å². The van der Waals surface area contributed by atoms with E-state index in [-0.39, 0.29) is 17.2 Å². The van der Waals surface area contributed by atoms with Crippen LogP contribution in [0.1, 0.15) is 38.7 Å². The van der Waals surface area contributed by atoms with E-state index in [2.05, 4.69) is 18.6 Å². The van der Waals surface area contributed by atoms with Gasteiger partial charge in [0.25, 0.3) is 0 Å². The van der Waals surface area contributed by atoms with Crippen molar-refractivity contribution in [1.29, 1.82) is 0 Å². The van der Waals surface area contributed by atoms with Crippen LogP contribution in [0, 0.1) is 5.41 Å². The molecule has 2 rings (SSSR count). The first kappa shape index (κ1) is 13.6. The van der Waals surface area contributed by atoms with Gasteiger partial charge in [0.05, 0.1) is 5.75 Å². The molecule has 3 nitrogen and oxygen atoms in total. The lowest BCUT2D eigenvalue weighted by atomic mass is 9.92. The second kappa shape index (κ2) is 5.02. The second-order valence-electron chi connectivity index (χ2n) is 5.97. The summed E-state index contributed by atoms with van der Waals surface area (Å²) in [7, 11) is -3.22. The van der Waals surface area contributed by atoms with Crippen LogP contribution in [0.5, 0.6) is 0 Å². The van der Waals surface area contributed by atoms with Gasteiger partial charge in [-0.3, -0.25) is 0 Å². The van der Waals surface area contributed by atoms with Crippen molar-refractivity contribution < 1.29 is 8.42 Å². The minimum Gasteiger partial charge on any atom is -0.212 e. The highest BCUT2D eigenvalue weighted by Crippen LogP contribution is 2.37. The van der Waals surface area contributed by atoms with Gasteiger partial charge in [-0.1, -0.05) is 44.2 Å². The van der Waals surface area contributed by atoms with Gasteiger partial charge in [0.15, 0.2) is 0 Å². The molecule has 0 bridgehead atoms. The maximum absolute atomic E-state index is 12.1. The first-order valence-corrected chi connectivity index (χ1v) is 8.05. The summed E-state index contributed by atoms with van der Waals surface area (Å²) in [6.45, 7) is 4.39. The van der Waals surface area contributed by atoms with Crippen molar-refractivity contribution >= 4 is 10.0 Å². The van der Waals surface area contributed by atoms with Gasteiger partial charge in [-0.2, -0.15) is 0 Å². The minimum atomic E-state index is -3.22. The zero-order valence-electron chi connectivity index (χ0n) is 11.0. The summed E-state index contributed by atoms with van der Waals surface area (Å²) in [4.78, 5) is 0. The molecule has 1 fully saturated rings. The summed E-state index contributed by atoms with van der Waals surface area (Å²) in [5.41, 5.74) is 1.10. The zero-order valence-corrected chi connectivity index (χ0v) is 11.8. The Morgan fingerprint density at radius 3 is 2.50 bits per heavy atom.